The second-order valence-corrected chi connectivity index (χ2v) is 7.17. The number of benzene rings is 1. The Morgan fingerprint density at radius 3 is 2.27 bits per heavy atom. The first-order chi connectivity index (χ1) is 12.2. The fraction of sp³-hybridized carbons (Fsp3) is 0.562. The highest BCUT2D eigenvalue weighted by Crippen LogP contribution is 2.20. The van der Waals surface area contributed by atoms with Crippen LogP contribution in [0.5, 0.6) is 5.75 Å². The van der Waals surface area contributed by atoms with Gasteiger partial charge in [-0.1, -0.05) is 0 Å². The van der Waals surface area contributed by atoms with Crippen molar-refractivity contribution in [1.82, 2.24) is 9.80 Å². The number of thiol groups is 2. The third-order valence-corrected chi connectivity index (χ3v) is 4.57. The highest BCUT2D eigenvalue weighted by molar-refractivity contribution is 7.99. The van der Waals surface area contributed by atoms with E-state index < -0.39 is 12.3 Å². The van der Waals surface area contributed by atoms with Crippen LogP contribution in [0.15, 0.2) is 24.3 Å². The van der Waals surface area contributed by atoms with Crippen LogP contribution in [0.1, 0.15) is 16.8 Å². The lowest BCUT2D eigenvalue weighted by atomic mass is 10.2. The normalized spacial score (nSPS) is 16.7. The summed E-state index contributed by atoms with van der Waals surface area (Å²) in [5.41, 5.74) is -0.181. The van der Waals surface area contributed by atoms with E-state index in [0.29, 0.717) is 12.4 Å². The van der Waals surface area contributed by atoms with Crippen molar-refractivity contribution in [3.63, 3.8) is 0 Å². The lowest BCUT2D eigenvalue weighted by Crippen LogP contribution is -2.48. The minimum absolute atomic E-state index is 0.0307. The number of hydrogen-bond donors (Lipinski definition) is 2. The Morgan fingerprint density at radius 2 is 1.73 bits per heavy atom. The first-order valence-electron chi connectivity index (χ1n) is 8.10. The summed E-state index contributed by atoms with van der Waals surface area (Å²) < 4.78 is 44.9. The molecule has 1 aromatic rings. The van der Waals surface area contributed by atoms with E-state index in [0.717, 1.165) is 39.1 Å². The van der Waals surface area contributed by atoms with Crippen LogP contribution in [0.3, 0.4) is 0 Å². The van der Waals surface area contributed by atoms with E-state index >= 15 is 0 Å². The predicted octanol–water partition coefficient (Wildman–Crippen LogP) is 2.89. The zero-order valence-electron chi connectivity index (χ0n) is 14.0. The number of ether oxygens (including phenoxy) is 2. The van der Waals surface area contributed by atoms with Crippen molar-refractivity contribution in [2.45, 2.75) is 17.5 Å². The van der Waals surface area contributed by atoms with Gasteiger partial charge in [0.1, 0.15) is 5.75 Å². The first kappa shape index (κ1) is 21.2. The minimum atomic E-state index is -4.99. The van der Waals surface area contributed by atoms with Gasteiger partial charge >= 0.3 is 12.3 Å². The molecule has 10 heteroatoms. The fourth-order valence-corrected chi connectivity index (χ4v) is 3.01. The number of esters is 1. The first-order valence-corrected chi connectivity index (χ1v) is 9.13. The van der Waals surface area contributed by atoms with E-state index in [1.165, 1.54) is 24.3 Å². The largest absolute Gasteiger partial charge is 0.575 e. The lowest BCUT2D eigenvalue weighted by molar-refractivity contribution is -0.291. The van der Waals surface area contributed by atoms with E-state index in [4.69, 9.17) is 4.74 Å². The molecule has 1 heterocycles. The van der Waals surface area contributed by atoms with E-state index in [9.17, 15) is 18.0 Å². The third kappa shape index (κ3) is 7.26. The Balaban J connectivity index is 1.66. The number of alkyl halides is 3. The van der Waals surface area contributed by atoms with Crippen molar-refractivity contribution >= 4 is 31.2 Å². The summed E-state index contributed by atoms with van der Waals surface area (Å²) in [6.45, 7) is 5.13. The molecular weight excluding hydrogens is 389 g/mol. The summed E-state index contributed by atoms with van der Waals surface area (Å²) in [4.78, 5) is 15.8. The number of hydrogen-bond acceptors (Lipinski definition) is 7. The summed E-state index contributed by atoms with van der Waals surface area (Å²) in [7, 11) is 0. The molecule has 2 rings (SSSR count). The molecule has 1 aliphatic rings. The molecule has 0 N–H and O–H groups in total. The van der Waals surface area contributed by atoms with Crippen LogP contribution in [0.25, 0.3) is 0 Å². The maximum absolute atomic E-state index is 12.0. The van der Waals surface area contributed by atoms with Gasteiger partial charge in [0.2, 0.25) is 0 Å². The van der Waals surface area contributed by atoms with E-state index in [2.05, 4.69) is 39.8 Å². The molecule has 0 bridgehead atoms. The van der Waals surface area contributed by atoms with Crippen LogP contribution >= 0.6 is 25.3 Å². The fourth-order valence-electron chi connectivity index (χ4n) is 2.55. The summed E-state index contributed by atoms with van der Waals surface area (Å²) in [6, 6.07) is 5.39. The Labute approximate surface area is 161 Å². The molecule has 0 unspecified atom stereocenters. The standard InChI is InChI=1S/C16H21F3N2O3S2/c17-16(18,19)24-14(22)12-2-4-13(5-3-12)23-11-1-6-20-7-9-21(10-8-20)15(25)26/h2-5,15,25-26H,1,6-11H2. The van der Waals surface area contributed by atoms with Crippen LogP contribution in [0, 0.1) is 0 Å². The molecule has 0 atom stereocenters. The van der Waals surface area contributed by atoms with Gasteiger partial charge in [-0.2, -0.15) is 0 Å². The van der Waals surface area contributed by atoms with Crippen LogP contribution in [-0.4, -0.2) is 66.2 Å². The van der Waals surface area contributed by atoms with Crippen LogP contribution in [0.2, 0.25) is 0 Å². The zero-order valence-corrected chi connectivity index (χ0v) is 15.8. The molecule has 0 aliphatic carbocycles. The topological polar surface area (TPSA) is 42.0 Å². The monoisotopic (exact) mass is 410 g/mol. The highest BCUT2D eigenvalue weighted by Gasteiger charge is 2.34. The van der Waals surface area contributed by atoms with Gasteiger partial charge < -0.3 is 14.4 Å². The summed E-state index contributed by atoms with van der Waals surface area (Å²) >= 11 is 8.61. The van der Waals surface area contributed by atoms with Gasteiger partial charge in [0.25, 0.3) is 0 Å². The molecule has 0 aromatic heterocycles. The lowest BCUT2D eigenvalue weighted by Gasteiger charge is -2.36. The summed E-state index contributed by atoms with van der Waals surface area (Å²) in [6.07, 6.45) is -4.17. The molecule has 1 aliphatic heterocycles. The van der Waals surface area contributed by atoms with Gasteiger partial charge in [0.15, 0.2) is 0 Å². The van der Waals surface area contributed by atoms with E-state index in [-0.39, 0.29) is 10.3 Å². The van der Waals surface area contributed by atoms with Crippen LogP contribution in [0.4, 0.5) is 13.2 Å². The zero-order chi connectivity index (χ0) is 19.2. The number of carbonyl (C=O) groups excluding carboxylic acids is 1. The van der Waals surface area contributed by atoms with E-state index in [1.807, 2.05) is 0 Å². The van der Waals surface area contributed by atoms with Crippen LogP contribution < -0.4 is 4.74 Å². The quantitative estimate of drug-likeness (QED) is 0.313. The van der Waals surface area contributed by atoms with Crippen molar-refractivity contribution in [2.24, 2.45) is 0 Å². The summed E-state index contributed by atoms with van der Waals surface area (Å²) in [5, 5.41) is 0. The average Bonchev–Trinajstić information content (AvgIpc) is 2.58. The SMILES string of the molecule is O=C(OC(F)(F)F)c1ccc(OCCCN2CCN(C(S)S)CC2)cc1. The van der Waals surface area contributed by atoms with Gasteiger partial charge in [-0.3, -0.25) is 4.90 Å². The van der Waals surface area contributed by atoms with Crippen molar-refractivity contribution in [3.05, 3.63) is 29.8 Å². The Bertz CT molecular complexity index is 577. The second kappa shape index (κ2) is 9.72. The molecule has 0 spiro atoms. The summed E-state index contributed by atoms with van der Waals surface area (Å²) in [5.74, 6) is -0.945. The highest BCUT2D eigenvalue weighted by atomic mass is 32.2. The number of halogens is 3. The number of nitrogens with zero attached hydrogens (tertiary/aromatic N) is 2. The molecule has 146 valence electrons. The Kier molecular flexibility index (Phi) is 7.93. The minimum Gasteiger partial charge on any atom is -0.494 e. The maximum atomic E-state index is 12.0. The van der Waals surface area contributed by atoms with Gasteiger partial charge in [-0.15, -0.1) is 38.4 Å². The molecule has 0 saturated carbocycles. The molecule has 1 aromatic carbocycles. The van der Waals surface area contributed by atoms with Gasteiger partial charge in [-0.05, 0) is 30.7 Å². The maximum Gasteiger partial charge on any atom is 0.575 e. The Morgan fingerprint density at radius 1 is 1.12 bits per heavy atom. The van der Waals surface area contributed by atoms with Gasteiger partial charge in [-0.25, -0.2) is 4.79 Å². The molecule has 1 fully saturated rings. The molecule has 1 saturated heterocycles. The molecule has 0 radical (unpaired) electrons. The smallest absolute Gasteiger partial charge is 0.494 e. The predicted molar refractivity (Wildman–Crippen MR) is 97.8 cm³/mol. The molecule has 0 amide bonds. The van der Waals surface area contributed by atoms with Crippen LogP contribution in [-0.2, 0) is 4.74 Å². The van der Waals surface area contributed by atoms with Crippen molar-refractivity contribution in [3.8, 4) is 5.75 Å². The second-order valence-electron chi connectivity index (χ2n) is 5.79. The molecular formula is C16H21F3N2O3S2. The molecule has 26 heavy (non-hydrogen) atoms. The van der Waals surface area contributed by atoms with Crippen molar-refractivity contribution in [2.75, 3.05) is 39.3 Å². The number of rotatable bonds is 7. The third-order valence-electron chi connectivity index (χ3n) is 3.92. The number of piperazine rings is 1. The average molecular weight is 410 g/mol. The Hall–Kier alpha value is -1.10. The van der Waals surface area contributed by atoms with Crippen molar-refractivity contribution in [1.29, 1.82) is 0 Å². The number of carbonyl (C=O) groups is 1. The van der Waals surface area contributed by atoms with E-state index in [1.54, 1.807) is 0 Å². The van der Waals surface area contributed by atoms with Gasteiger partial charge in [0, 0.05) is 32.7 Å². The van der Waals surface area contributed by atoms with Crippen molar-refractivity contribution < 1.29 is 27.4 Å². The molecule has 5 nitrogen and oxygen atoms in total. The van der Waals surface area contributed by atoms with Gasteiger partial charge in [0.05, 0.1) is 16.9 Å².